The summed E-state index contributed by atoms with van der Waals surface area (Å²) in [4.78, 5) is 16.3. The maximum atomic E-state index is 13.2. The summed E-state index contributed by atoms with van der Waals surface area (Å²) in [5, 5.41) is 0. The van der Waals surface area contributed by atoms with Gasteiger partial charge < -0.3 is 9.64 Å². The van der Waals surface area contributed by atoms with E-state index < -0.39 is 5.54 Å². The molecule has 0 fully saturated rings. The summed E-state index contributed by atoms with van der Waals surface area (Å²) in [5.41, 5.74) is 2.64. The zero-order valence-electron chi connectivity index (χ0n) is 15.2. The minimum Gasteiger partial charge on any atom is -0.494 e. The number of anilines is 1. The molecule has 134 valence electrons. The maximum absolute atomic E-state index is 13.2. The molecule has 0 N–H and O–H groups in total. The first-order valence-corrected chi connectivity index (χ1v) is 11.1. The molecule has 0 unspecified atom stereocenters. The van der Waals surface area contributed by atoms with Crippen LogP contribution >= 0.6 is 32.9 Å². The second-order valence-electron chi connectivity index (χ2n) is 6.81. The first-order valence-electron chi connectivity index (χ1n) is 8.57. The van der Waals surface area contributed by atoms with Gasteiger partial charge in [-0.25, -0.2) is 0 Å². The quantitative estimate of drug-likeness (QED) is 0.455. The molecule has 0 bridgehead atoms. The summed E-state index contributed by atoms with van der Waals surface area (Å²) in [6.07, 6.45) is 0.823. The van der Waals surface area contributed by atoms with Crippen LogP contribution in [-0.2, 0) is 10.3 Å². The van der Waals surface area contributed by atoms with E-state index in [1.54, 1.807) is 20.7 Å². The first kappa shape index (κ1) is 18.5. The summed E-state index contributed by atoms with van der Waals surface area (Å²) >= 11 is 5.62. The van der Waals surface area contributed by atoms with E-state index in [2.05, 4.69) is 20.8 Å². The molecule has 0 saturated heterocycles. The molecular weight excluding hydrogens is 370 g/mol. The van der Waals surface area contributed by atoms with Crippen LogP contribution in [0.25, 0.3) is 11.1 Å². The van der Waals surface area contributed by atoms with Crippen LogP contribution in [0.5, 0.6) is 5.75 Å². The summed E-state index contributed by atoms with van der Waals surface area (Å²) in [7, 11) is 3.30. The second kappa shape index (κ2) is 6.82. The molecule has 1 aliphatic heterocycles. The molecule has 3 rings (SSSR count). The summed E-state index contributed by atoms with van der Waals surface area (Å²) in [6.45, 7) is 10.9. The first-order chi connectivity index (χ1) is 11.8. The topological polar surface area (TPSA) is 29.5 Å². The molecule has 2 heterocycles. The summed E-state index contributed by atoms with van der Waals surface area (Å²) < 4.78 is 6.58. The number of hydrogen-bond acceptors (Lipinski definition) is 5. The van der Waals surface area contributed by atoms with E-state index in [9.17, 15) is 4.79 Å². The fourth-order valence-corrected chi connectivity index (χ4v) is 6.54. The second-order valence-corrected chi connectivity index (χ2v) is 9.63. The molecule has 1 amide bonds. The van der Waals surface area contributed by atoms with Crippen molar-refractivity contribution < 1.29 is 9.53 Å². The highest BCUT2D eigenvalue weighted by atomic mass is 32.9. The minimum absolute atomic E-state index is 0.0214. The zero-order valence-corrected chi connectivity index (χ0v) is 17.7. The lowest BCUT2D eigenvalue weighted by Crippen LogP contribution is -2.49. The zero-order chi connectivity index (χ0) is 18.4. The highest BCUT2D eigenvalue weighted by Crippen LogP contribution is 2.53. The van der Waals surface area contributed by atoms with Crippen molar-refractivity contribution in [3.05, 3.63) is 26.9 Å². The molecule has 0 saturated carbocycles. The molecule has 1 aliphatic rings. The Hall–Kier alpha value is -1.24. The number of rotatable bonds is 4. The van der Waals surface area contributed by atoms with E-state index in [-0.39, 0.29) is 11.8 Å². The Kier molecular flexibility index (Phi) is 5.06. The van der Waals surface area contributed by atoms with Crippen LogP contribution in [0.4, 0.5) is 5.69 Å². The van der Waals surface area contributed by atoms with Crippen LogP contribution < -0.4 is 9.64 Å². The van der Waals surface area contributed by atoms with Crippen LogP contribution in [-0.4, -0.2) is 12.5 Å². The smallest absolute Gasteiger partial charge is 0.230 e. The Morgan fingerprint density at radius 2 is 2.04 bits per heavy atom. The van der Waals surface area contributed by atoms with E-state index in [4.69, 9.17) is 17.0 Å². The molecule has 3 nitrogen and oxygen atoms in total. The van der Waals surface area contributed by atoms with E-state index in [0.29, 0.717) is 6.61 Å². The number of nitrogens with zero attached hydrogens (tertiary/aromatic N) is 1. The van der Waals surface area contributed by atoms with Gasteiger partial charge in [-0.2, -0.15) is 0 Å². The Morgan fingerprint density at radius 3 is 2.68 bits per heavy atom. The SMILES string of the molecule is CCOc1ccc2c(c1)-c1c(ssc1=S)C(C)(C)N2C(=O)[C@@H](C)CC. The highest BCUT2D eigenvalue weighted by molar-refractivity contribution is 7.80. The van der Waals surface area contributed by atoms with Crippen molar-refractivity contribution in [1.29, 1.82) is 0 Å². The van der Waals surface area contributed by atoms with E-state index in [1.807, 2.05) is 36.9 Å². The van der Waals surface area contributed by atoms with Crippen molar-refractivity contribution in [2.45, 2.75) is 46.6 Å². The number of carbonyl (C=O) groups is 1. The molecule has 0 radical (unpaired) electrons. The molecule has 0 aliphatic carbocycles. The maximum Gasteiger partial charge on any atom is 0.230 e. The van der Waals surface area contributed by atoms with Crippen LogP contribution in [0.1, 0.15) is 45.9 Å². The van der Waals surface area contributed by atoms with Gasteiger partial charge in [0.05, 0.1) is 22.7 Å². The van der Waals surface area contributed by atoms with Crippen molar-refractivity contribution >= 4 is 44.5 Å². The molecular formula is C19H23NO2S3. The van der Waals surface area contributed by atoms with Gasteiger partial charge in [-0.1, -0.05) is 46.7 Å². The van der Waals surface area contributed by atoms with E-state index in [1.165, 1.54) is 4.88 Å². The number of hydrogen-bond donors (Lipinski definition) is 0. The van der Waals surface area contributed by atoms with Crippen molar-refractivity contribution in [3.8, 4) is 16.9 Å². The fourth-order valence-electron chi connectivity index (χ4n) is 3.25. The summed E-state index contributed by atoms with van der Waals surface area (Å²) in [6, 6.07) is 5.97. The lowest BCUT2D eigenvalue weighted by atomic mass is 9.86. The van der Waals surface area contributed by atoms with Gasteiger partial charge >= 0.3 is 0 Å². The monoisotopic (exact) mass is 393 g/mol. The van der Waals surface area contributed by atoms with Crippen molar-refractivity contribution in [1.82, 2.24) is 0 Å². The van der Waals surface area contributed by atoms with E-state index in [0.717, 1.165) is 32.8 Å². The van der Waals surface area contributed by atoms with Gasteiger partial charge in [0.15, 0.2) is 0 Å². The minimum atomic E-state index is -0.409. The van der Waals surface area contributed by atoms with Crippen LogP contribution in [0, 0.1) is 9.74 Å². The summed E-state index contributed by atoms with van der Waals surface area (Å²) in [5.74, 6) is 0.952. The Labute approximate surface area is 161 Å². The Bertz CT molecular complexity index is 866. The standard InChI is InChI=1S/C19H23NO2S3/c1-6-11(3)17(21)20-14-9-8-12(22-7-2)10-13(14)15-16(19(20,4)5)24-25-18(15)23/h8-11H,6-7H2,1-5H3/t11-/m0/s1. The predicted octanol–water partition coefficient (Wildman–Crippen LogP) is 6.23. The number of ether oxygens (including phenoxy) is 1. The van der Waals surface area contributed by atoms with Gasteiger partial charge in [-0.15, -0.1) is 0 Å². The van der Waals surface area contributed by atoms with E-state index >= 15 is 0 Å². The Balaban J connectivity index is 2.27. The largest absolute Gasteiger partial charge is 0.494 e. The van der Waals surface area contributed by atoms with Gasteiger partial charge in [-0.05, 0) is 45.4 Å². The lowest BCUT2D eigenvalue weighted by Gasteiger charge is -2.44. The van der Waals surface area contributed by atoms with Crippen molar-refractivity contribution in [2.75, 3.05) is 11.5 Å². The molecule has 25 heavy (non-hydrogen) atoms. The van der Waals surface area contributed by atoms with Gasteiger partial charge in [0.25, 0.3) is 0 Å². The molecule has 1 aromatic heterocycles. The van der Waals surface area contributed by atoms with Gasteiger partial charge in [0.1, 0.15) is 9.57 Å². The van der Waals surface area contributed by atoms with Crippen LogP contribution in [0.15, 0.2) is 18.2 Å². The van der Waals surface area contributed by atoms with Gasteiger partial charge in [0, 0.05) is 17.0 Å². The van der Waals surface area contributed by atoms with Crippen LogP contribution in [0.2, 0.25) is 0 Å². The van der Waals surface area contributed by atoms with Gasteiger partial charge in [0.2, 0.25) is 5.91 Å². The lowest BCUT2D eigenvalue weighted by molar-refractivity contribution is -0.123. The van der Waals surface area contributed by atoms with Crippen molar-refractivity contribution in [2.24, 2.45) is 5.92 Å². The number of carbonyl (C=O) groups excluding carboxylic acids is 1. The third kappa shape index (κ3) is 2.94. The number of fused-ring (bicyclic) bond motifs is 3. The van der Waals surface area contributed by atoms with Crippen LogP contribution in [0.3, 0.4) is 0 Å². The highest BCUT2D eigenvalue weighted by Gasteiger charge is 2.43. The molecule has 1 atom stereocenters. The van der Waals surface area contributed by atoms with Crippen molar-refractivity contribution in [3.63, 3.8) is 0 Å². The third-order valence-electron chi connectivity index (χ3n) is 4.79. The Morgan fingerprint density at radius 1 is 1.32 bits per heavy atom. The van der Waals surface area contributed by atoms with Gasteiger partial charge in [-0.3, -0.25) is 4.79 Å². The average molecular weight is 394 g/mol. The average Bonchev–Trinajstić information content (AvgIpc) is 2.97. The fraction of sp³-hybridized carbons (Fsp3) is 0.474. The molecule has 1 aromatic carbocycles. The molecule has 6 heteroatoms. The predicted molar refractivity (Wildman–Crippen MR) is 110 cm³/mol. The third-order valence-corrected chi connectivity index (χ3v) is 8.12. The molecule has 0 spiro atoms. The molecule has 2 aromatic rings. The number of benzene rings is 1. The normalized spacial score (nSPS) is 16.1. The number of amides is 1.